The number of benzene rings is 1. The first-order chi connectivity index (χ1) is 14.6. The highest BCUT2D eigenvalue weighted by Crippen LogP contribution is 2.32. The van der Waals surface area contributed by atoms with Gasteiger partial charge in [-0.25, -0.2) is 9.18 Å². The van der Waals surface area contributed by atoms with Gasteiger partial charge in [0.1, 0.15) is 12.4 Å². The van der Waals surface area contributed by atoms with Gasteiger partial charge in [-0.1, -0.05) is 13.0 Å². The maximum atomic E-state index is 13.9. The Kier molecular flexibility index (Phi) is 5.95. The molecular weight excluding hydrogens is 420 g/mol. The normalized spacial score (nSPS) is 27.1. The summed E-state index contributed by atoms with van der Waals surface area (Å²) in [5.41, 5.74) is -1.01. The van der Waals surface area contributed by atoms with Crippen LogP contribution < -0.4 is 0 Å². The maximum Gasteiger partial charge on any atom is 0.416 e. The van der Waals surface area contributed by atoms with Crippen LogP contribution in [0, 0.1) is 17.7 Å². The van der Waals surface area contributed by atoms with Crippen molar-refractivity contribution in [2.75, 3.05) is 32.8 Å². The first kappa shape index (κ1) is 22.0. The SMILES string of the molecule is C[C@H]1CN(C(=O)N2CC(OCc3ccc(C(F)(F)F)cc3F)C2)C[C@H]2CC(=O)CO[C@H]21. The molecule has 2 amide bonds. The Morgan fingerprint density at radius 3 is 2.58 bits per heavy atom. The van der Waals surface area contributed by atoms with Crippen LogP contribution in [0.5, 0.6) is 0 Å². The number of carbonyl (C=O) groups excluding carboxylic acids is 2. The summed E-state index contributed by atoms with van der Waals surface area (Å²) in [7, 11) is 0. The number of urea groups is 1. The first-order valence-electron chi connectivity index (χ1n) is 10.3. The van der Waals surface area contributed by atoms with E-state index in [1.165, 1.54) is 0 Å². The molecule has 0 saturated carbocycles. The number of likely N-dealkylation sites (tertiary alicyclic amines) is 2. The highest BCUT2D eigenvalue weighted by Gasteiger charge is 2.43. The van der Waals surface area contributed by atoms with Gasteiger partial charge in [0.2, 0.25) is 0 Å². The molecule has 170 valence electrons. The number of hydrogen-bond acceptors (Lipinski definition) is 4. The predicted molar refractivity (Wildman–Crippen MR) is 101 cm³/mol. The molecule has 3 aliphatic heterocycles. The molecule has 6 nitrogen and oxygen atoms in total. The number of Topliss-reactive ketones (excluding diaryl/α,β-unsaturated/α-hetero) is 1. The van der Waals surface area contributed by atoms with Crippen LogP contribution in [0.2, 0.25) is 0 Å². The minimum atomic E-state index is -4.60. The molecule has 31 heavy (non-hydrogen) atoms. The van der Waals surface area contributed by atoms with Gasteiger partial charge in [0, 0.05) is 36.9 Å². The van der Waals surface area contributed by atoms with Crippen LogP contribution in [0.4, 0.5) is 22.4 Å². The van der Waals surface area contributed by atoms with E-state index in [4.69, 9.17) is 9.47 Å². The van der Waals surface area contributed by atoms with Crippen molar-refractivity contribution in [3.63, 3.8) is 0 Å². The number of amides is 2. The number of piperidine rings is 1. The zero-order chi connectivity index (χ0) is 22.3. The van der Waals surface area contributed by atoms with Gasteiger partial charge in [-0.2, -0.15) is 13.2 Å². The van der Waals surface area contributed by atoms with Crippen molar-refractivity contribution >= 4 is 11.8 Å². The molecular formula is C21H24F4N2O4. The second-order valence-electron chi connectivity index (χ2n) is 8.59. The lowest BCUT2D eigenvalue weighted by Gasteiger charge is -2.47. The van der Waals surface area contributed by atoms with Gasteiger partial charge in [0.05, 0.1) is 37.5 Å². The lowest BCUT2D eigenvalue weighted by atomic mass is 9.82. The number of nitrogens with zero attached hydrogens (tertiary/aromatic N) is 2. The molecule has 3 atom stereocenters. The summed E-state index contributed by atoms with van der Waals surface area (Å²) in [6.45, 7) is 3.66. The zero-order valence-corrected chi connectivity index (χ0v) is 17.0. The summed E-state index contributed by atoms with van der Waals surface area (Å²) in [5.74, 6) is -0.782. The van der Waals surface area contributed by atoms with Crippen molar-refractivity contribution in [1.82, 2.24) is 9.80 Å². The minimum absolute atomic E-state index is 0.00455. The number of ether oxygens (including phenoxy) is 2. The average Bonchev–Trinajstić information content (AvgIpc) is 2.66. The fourth-order valence-corrected chi connectivity index (χ4v) is 4.50. The van der Waals surface area contributed by atoms with Crippen LogP contribution in [0.1, 0.15) is 24.5 Å². The number of ketones is 1. The van der Waals surface area contributed by atoms with Gasteiger partial charge in [0.25, 0.3) is 0 Å². The van der Waals surface area contributed by atoms with Gasteiger partial charge < -0.3 is 19.3 Å². The Balaban J connectivity index is 1.26. The molecule has 4 rings (SSSR count). The van der Waals surface area contributed by atoms with E-state index in [0.29, 0.717) is 38.7 Å². The largest absolute Gasteiger partial charge is 0.416 e. The highest BCUT2D eigenvalue weighted by molar-refractivity contribution is 5.81. The number of carbonyl (C=O) groups is 2. The van der Waals surface area contributed by atoms with Crippen molar-refractivity contribution in [3.8, 4) is 0 Å². The number of halogens is 4. The van der Waals surface area contributed by atoms with Crippen molar-refractivity contribution in [1.29, 1.82) is 0 Å². The van der Waals surface area contributed by atoms with Gasteiger partial charge in [0.15, 0.2) is 5.78 Å². The summed E-state index contributed by atoms with van der Waals surface area (Å²) in [5, 5.41) is 0. The molecule has 0 aliphatic carbocycles. The smallest absolute Gasteiger partial charge is 0.370 e. The fourth-order valence-electron chi connectivity index (χ4n) is 4.50. The molecule has 0 radical (unpaired) electrons. The molecule has 3 aliphatic rings. The third kappa shape index (κ3) is 4.69. The molecule has 1 aromatic carbocycles. The molecule has 1 aromatic rings. The van der Waals surface area contributed by atoms with Crippen LogP contribution in [0.25, 0.3) is 0 Å². The third-order valence-corrected chi connectivity index (χ3v) is 6.16. The number of alkyl halides is 3. The van der Waals surface area contributed by atoms with Gasteiger partial charge in [-0.3, -0.25) is 4.79 Å². The van der Waals surface area contributed by atoms with Crippen molar-refractivity contribution in [3.05, 3.63) is 35.1 Å². The third-order valence-electron chi connectivity index (χ3n) is 6.16. The van der Waals surface area contributed by atoms with Crippen molar-refractivity contribution < 1.29 is 36.6 Å². The molecule has 0 N–H and O–H groups in total. The topological polar surface area (TPSA) is 59.1 Å². The average molecular weight is 444 g/mol. The molecule has 0 unspecified atom stereocenters. The quantitative estimate of drug-likeness (QED) is 0.673. The molecule has 10 heteroatoms. The Morgan fingerprint density at radius 2 is 1.90 bits per heavy atom. The summed E-state index contributed by atoms with van der Waals surface area (Å²) >= 11 is 0. The van der Waals surface area contributed by atoms with Crippen molar-refractivity contribution in [2.45, 2.75) is 38.3 Å². The molecule has 0 spiro atoms. The monoisotopic (exact) mass is 444 g/mol. The van der Waals surface area contributed by atoms with Crippen LogP contribution in [-0.4, -0.2) is 66.6 Å². The Hall–Kier alpha value is -2.20. The molecule has 3 heterocycles. The van der Waals surface area contributed by atoms with Crippen molar-refractivity contribution in [2.24, 2.45) is 11.8 Å². The molecule has 0 aromatic heterocycles. The fraction of sp³-hybridized carbons (Fsp3) is 0.619. The first-order valence-corrected chi connectivity index (χ1v) is 10.3. The lowest BCUT2D eigenvalue weighted by molar-refractivity contribution is -0.145. The second-order valence-corrected chi connectivity index (χ2v) is 8.59. The summed E-state index contributed by atoms with van der Waals surface area (Å²) in [6, 6.07) is 2.21. The standard InChI is InChI=1S/C21H24F4N2O4/c1-12-6-26(7-14-4-16(28)11-31-19(12)14)20(29)27-8-17(9-27)30-10-13-2-3-15(5-18(13)22)21(23,24)25/h2-3,5,12,14,17,19H,4,6-11H2,1H3/t12-,14+,19-/m0/s1. The summed E-state index contributed by atoms with van der Waals surface area (Å²) in [4.78, 5) is 27.8. The van der Waals surface area contributed by atoms with E-state index in [1.807, 2.05) is 6.92 Å². The summed E-state index contributed by atoms with van der Waals surface area (Å²) < 4.78 is 63.0. The maximum absolute atomic E-state index is 13.9. The predicted octanol–water partition coefficient (Wildman–Crippen LogP) is 3.09. The minimum Gasteiger partial charge on any atom is -0.370 e. The molecule has 3 fully saturated rings. The van der Waals surface area contributed by atoms with E-state index in [2.05, 4.69) is 0 Å². The van der Waals surface area contributed by atoms with Gasteiger partial charge in [-0.15, -0.1) is 0 Å². The van der Waals surface area contributed by atoms with E-state index in [-0.39, 0.29) is 54.6 Å². The zero-order valence-electron chi connectivity index (χ0n) is 17.0. The van der Waals surface area contributed by atoms with E-state index in [1.54, 1.807) is 9.80 Å². The van der Waals surface area contributed by atoms with Crippen LogP contribution in [-0.2, 0) is 27.1 Å². The Morgan fingerprint density at radius 1 is 1.19 bits per heavy atom. The van der Waals surface area contributed by atoms with E-state index in [0.717, 1.165) is 12.1 Å². The number of fused-ring (bicyclic) bond motifs is 1. The van der Waals surface area contributed by atoms with Crippen LogP contribution >= 0.6 is 0 Å². The van der Waals surface area contributed by atoms with Gasteiger partial charge in [-0.05, 0) is 12.1 Å². The van der Waals surface area contributed by atoms with E-state index < -0.39 is 17.6 Å². The Labute approximate surface area is 177 Å². The molecule has 0 bridgehead atoms. The van der Waals surface area contributed by atoms with E-state index in [9.17, 15) is 27.2 Å². The highest BCUT2D eigenvalue weighted by atomic mass is 19.4. The lowest BCUT2D eigenvalue weighted by Crippen LogP contribution is -2.62. The second kappa shape index (κ2) is 8.38. The van der Waals surface area contributed by atoms with E-state index >= 15 is 0 Å². The number of hydrogen-bond donors (Lipinski definition) is 0. The Bertz CT molecular complexity index is 856. The van der Waals surface area contributed by atoms with Gasteiger partial charge >= 0.3 is 12.2 Å². The molecule has 3 saturated heterocycles. The summed E-state index contributed by atoms with van der Waals surface area (Å²) in [6.07, 6.45) is -4.49. The van der Waals surface area contributed by atoms with Crippen LogP contribution in [0.3, 0.4) is 0 Å². The van der Waals surface area contributed by atoms with Crippen LogP contribution in [0.15, 0.2) is 18.2 Å². The number of rotatable bonds is 3.